The van der Waals surface area contributed by atoms with Crippen LogP contribution in [-0.4, -0.2) is 22.3 Å². The maximum Gasteiger partial charge on any atom is 0.277 e. The number of hydrogen-bond donors (Lipinski definition) is 0. The van der Waals surface area contributed by atoms with Crippen molar-refractivity contribution in [1.29, 1.82) is 0 Å². The second-order valence-corrected chi connectivity index (χ2v) is 6.78. The predicted molar refractivity (Wildman–Crippen MR) is 103 cm³/mol. The fraction of sp³-hybridized carbons (Fsp3) is 0.150. The number of oxazole rings is 1. The molecular weight excluding hydrogens is 362 g/mol. The van der Waals surface area contributed by atoms with E-state index in [0.717, 1.165) is 28.1 Å². The first-order valence-corrected chi connectivity index (χ1v) is 9.32. The molecule has 0 unspecified atom stereocenters. The second kappa shape index (κ2) is 7.67. The summed E-state index contributed by atoms with van der Waals surface area (Å²) in [5.74, 6) is 2.46. The molecule has 0 aliphatic rings. The van der Waals surface area contributed by atoms with Gasteiger partial charge in [0.05, 0.1) is 12.8 Å². The van der Waals surface area contributed by atoms with Crippen LogP contribution in [0.15, 0.2) is 68.9 Å². The Kier molecular flexibility index (Phi) is 4.93. The number of aromatic nitrogens is 3. The van der Waals surface area contributed by atoms with Crippen molar-refractivity contribution in [1.82, 2.24) is 15.2 Å². The van der Waals surface area contributed by atoms with E-state index in [0.29, 0.717) is 22.8 Å². The van der Waals surface area contributed by atoms with E-state index in [4.69, 9.17) is 13.6 Å². The van der Waals surface area contributed by atoms with E-state index in [1.807, 2.05) is 55.5 Å². The highest BCUT2D eigenvalue weighted by molar-refractivity contribution is 7.98. The Balaban J connectivity index is 1.42. The quantitative estimate of drug-likeness (QED) is 0.436. The van der Waals surface area contributed by atoms with Gasteiger partial charge < -0.3 is 13.6 Å². The van der Waals surface area contributed by atoms with Gasteiger partial charge in [0.15, 0.2) is 0 Å². The topological polar surface area (TPSA) is 74.2 Å². The zero-order valence-corrected chi connectivity index (χ0v) is 15.7. The lowest BCUT2D eigenvalue weighted by molar-refractivity contribution is 0.415. The summed E-state index contributed by atoms with van der Waals surface area (Å²) in [7, 11) is 1.64. The van der Waals surface area contributed by atoms with Gasteiger partial charge in [-0.25, -0.2) is 4.98 Å². The number of nitrogens with zero attached hydrogens (tertiary/aromatic N) is 3. The summed E-state index contributed by atoms with van der Waals surface area (Å²) in [6, 6.07) is 15.5. The zero-order chi connectivity index (χ0) is 18.6. The third-order valence-corrected chi connectivity index (χ3v) is 4.87. The minimum Gasteiger partial charge on any atom is -0.497 e. The van der Waals surface area contributed by atoms with Crippen molar-refractivity contribution in [2.45, 2.75) is 17.9 Å². The summed E-state index contributed by atoms with van der Waals surface area (Å²) < 4.78 is 16.5. The van der Waals surface area contributed by atoms with Gasteiger partial charge in [0.1, 0.15) is 12.0 Å². The van der Waals surface area contributed by atoms with Gasteiger partial charge in [-0.15, -0.1) is 10.2 Å². The summed E-state index contributed by atoms with van der Waals surface area (Å²) in [5, 5.41) is 8.74. The van der Waals surface area contributed by atoms with Gasteiger partial charge >= 0.3 is 0 Å². The molecular formula is C20H17N3O3S. The van der Waals surface area contributed by atoms with E-state index in [1.54, 1.807) is 13.4 Å². The summed E-state index contributed by atoms with van der Waals surface area (Å²) in [6.07, 6.45) is 1.64. The molecule has 0 fully saturated rings. The average Bonchev–Trinajstić information content (AvgIpc) is 3.36. The largest absolute Gasteiger partial charge is 0.497 e. The van der Waals surface area contributed by atoms with Gasteiger partial charge in [0.25, 0.3) is 5.22 Å². The minimum absolute atomic E-state index is 0.502. The molecule has 4 rings (SSSR count). The van der Waals surface area contributed by atoms with Crippen LogP contribution in [0.2, 0.25) is 0 Å². The maximum atomic E-state index is 5.76. The van der Waals surface area contributed by atoms with Gasteiger partial charge in [-0.2, -0.15) is 0 Å². The molecule has 0 bridgehead atoms. The molecule has 27 heavy (non-hydrogen) atoms. The van der Waals surface area contributed by atoms with Crippen LogP contribution in [0, 0.1) is 6.92 Å². The van der Waals surface area contributed by atoms with Gasteiger partial charge in [-0.05, 0) is 42.8 Å². The monoisotopic (exact) mass is 379 g/mol. The van der Waals surface area contributed by atoms with E-state index in [9.17, 15) is 0 Å². The van der Waals surface area contributed by atoms with Crippen molar-refractivity contribution in [3.05, 3.63) is 66.1 Å². The number of methoxy groups -OCH3 is 1. The first-order chi connectivity index (χ1) is 13.2. The van der Waals surface area contributed by atoms with Crippen LogP contribution in [-0.2, 0) is 5.75 Å². The van der Waals surface area contributed by atoms with E-state index in [1.165, 1.54) is 11.8 Å². The van der Waals surface area contributed by atoms with Crippen LogP contribution >= 0.6 is 11.8 Å². The fourth-order valence-electron chi connectivity index (χ4n) is 2.56. The van der Waals surface area contributed by atoms with Crippen molar-refractivity contribution in [3.8, 4) is 28.7 Å². The van der Waals surface area contributed by atoms with E-state index < -0.39 is 0 Å². The minimum atomic E-state index is 0.502. The molecule has 136 valence electrons. The highest BCUT2D eigenvalue weighted by Crippen LogP contribution is 2.28. The Morgan fingerprint density at radius 1 is 1.00 bits per heavy atom. The third kappa shape index (κ3) is 3.88. The predicted octanol–water partition coefficient (Wildman–Crippen LogP) is 5.00. The first kappa shape index (κ1) is 17.4. The van der Waals surface area contributed by atoms with E-state index in [2.05, 4.69) is 15.2 Å². The molecule has 0 amide bonds. The zero-order valence-electron chi connectivity index (χ0n) is 14.9. The van der Waals surface area contributed by atoms with Crippen molar-refractivity contribution in [2.24, 2.45) is 0 Å². The lowest BCUT2D eigenvalue weighted by Crippen LogP contribution is -1.84. The molecule has 2 heterocycles. The van der Waals surface area contributed by atoms with Crippen LogP contribution in [0.5, 0.6) is 5.75 Å². The van der Waals surface area contributed by atoms with Crippen LogP contribution in [0.3, 0.4) is 0 Å². The van der Waals surface area contributed by atoms with Gasteiger partial charge in [0, 0.05) is 16.9 Å². The van der Waals surface area contributed by atoms with Crippen molar-refractivity contribution in [3.63, 3.8) is 0 Å². The number of ether oxygens (including phenoxy) is 1. The summed E-state index contributed by atoms with van der Waals surface area (Å²) in [5.41, 5.74) is 3.74. The SMILES string of the molecule is COc1ccc(-c2nc(CSc3nnc(-c4ccccc4C)o3)co2)cc1. The lowest BCUT2D eigenvalue weighted by Gasteiger charge is -1.99. The van der Waals surface area contributed by atoms with E-state index in [-0.39, 0.29) is 0 Å². The van der Waals surface area contributed by atoms with E-state index >= 15 is 0 Å². The standard InChI is InChI=1S/C20H17N3O3S/c1-13-5-3-4-6-17(13)19-22-23-20(26-19)27-12-15-11-25-18(21-15)14-7-9-16(24-2)10-8-14/h3-11H,12H2,1-2H3. The van der Waals surface area contributed by atoms with Crippen molar-refractivity contribution in [2.75, 3.05) is 7.11 Å². The molecule has 0 N–H and O–H groups in total. The van der Waals surface area contributed by atoms with Gasteiger partial charge in [-0.1, -0.05) is 30.0 Å². The Morgan fingerprint density at radius 3 is 2.59 bits per heavy atom. The molecule has 6 nitrogen and oxygen atoms in total. The van der Waals surface area contributed by atoms with Crippen LogP contribution in [0.1, 0.15) is 11.3 Å². The molecule has 2 aromatic carbocycles. The Hall–Kier alpha value is -3.06. The van der Waals surface area contributed by atoms with Crippen LogP contribution in [0.25, 0.3) is 22.9 Å². The smallest absolute Gasteiger partial charge is 0.277 e. The fourth-order valence-corrected chi connectivity index (χ4v) is 3.21. The summed E-state index contributed by atoms with van der Waals surface area (Å²) >= 11 is 1.43. The molecule has 7 heteroatoms. The first-order valence-electron chi connectivity index (χ1n) is 8.34. The van der Waals surface area contributed by atoms with Gasteiger partial charge in [-0.3, -0.25) is 0 Å². The lowest BCUT2D eigenvalue weighted by atomic mass is 10.1. The van der Waals surface area contributed by atoms with Crippen LogP contribution in [0.4, 0.5) is 0 Å². The molecule has 0 atom stereocenters. The molecule has 4 aromatic rings. The van der Waals surface area contributed by atoms with Crippen molar-refractivity contribution < 1.29 is 13.6 Å². The third-order valence-electron chi connectivity index (χ3n) is 4.01. The Labute approximate surface area is 160 Å². The number of rotatable bonds is 6. The molecule has 0 aliphatic heterocycles. The molecule has 0 aliphatic carbocycles. The molecule has 0 radical (unpaired) electrons. The molecule has 0 saturated carbocycles. The molecule has 2 aromatic heterocycles. The maximum absolute atomic E-state index is 5.76. The Bertz CT molecular complexity index is 1040. The normalized spacial score (nSPS) is 10.9. The molecule has 0 saturated heterocycles. The summed E-state index contributed by atoms with van der Waals surface area (Å²) in [4.78, 5) is 4.51. The average molecular weight is 379 g/mol. The summed E-state index contributed by atoms with van der Waals surface area (Å²) in [6.45, 7) is 2.02. The number of benzene rings is 2. The van der Waals surface area contributed by atoms with Gasteiger partial charge in [0.2, 0.25) is 11.8 Å². The number of thioether (sulfide) groups is 1. The Morgan fingerprint density at radius 2 is 1.81 bits per heavy atom. The van der Waals surface area contributed by atoms with Crippen molar-refractivity contribution >= 4 is 11.8 Å². The number of aryl methyl sites for hydroxylation is 1. The highest BCUT2D eigenvalue weighted by Gasteiger charge is 2.13. The second-order valence-electron chi connectivity index (χ2n) is 5.85. The van der Waals surface area contributed by atoms with Crippen LogP contribution < -0.4 is 4.74 Å². The highest BCUT2D eigenvalue weighted by atomic mass is 32.2. The molecule has 0 spiro atoms. The number of hydrogen-bond acceptors (Lipinski definition) is 7.